The maximum Gasteiger partial charge on any atom is 0.237 e. The van der Waals surface area contributed by atoms with Crippen LogP contribution in [0.2, 0.25) is 0 Å². The molecule has 23 heavy (non-hydrogen) atoms. The van der Waals surface area contributed by atoms with E-state index in [4.69, 9.17) is 0 Å². The third-order valence-electron chi connectivity index (χ3n) is 3.62. The van der Waals surface area contributed by atoms with Crippen molar-refractivity contribution in [1.82, 2.24) is 0 Å². The van der Waals surface area contributed by atoms with Crippen LogP contribution >= 0.6 is 0 Å². The van der Waals surface area contributed by atoms with Gasteiger partial charge in [-0.15, -0.1) is 0 Å². The fraction of sp³-hybridized carbons (Fsp3) is 0.294. The molecule has 0 aliphatic carbocycles. The second kappa shape index (κ2) is 6.66. The third kappa shape index (κ3) is 3.69. The highest BCUT2D eigenvalue weighted by atomic mass is 32.2. The zero-order chi connectivity index (χ0) is 17.2. The summed E-state index contributed by atoms with van der Waals surface area (Å²) in [5, 5.41) is -0.710. The van der Waals surface area contributed by atoms with Crippen LogP contribution in [0, 0.1) is 18.6 Å². The highest BCUT2D eigenvalue weighted by molar-refractivity contribution is 7.93. The Bertz CT molecular complexity index is 804. The minimum Gasteiger partial charge on any atom is -0.265 e. The molecule has 3 nitrogen and oxygen atoms in total. The van der Waals surface area contributed by atoms with Crippen LogP contribution in [0.1, 0.15) is 25.0 Å². The summed E-state index contributed by atoms with van der Waals surface area (Å²) in [6, 6.07) is 10.2. The maximum atomic E-state index is 13.9. The lowest BCUT2D eigenvalue weighted by Gasteiger charge is -2.27. The molecule has 0 fully saturated rings. The van der Waals surface area contributed by atoms with Crippen molar-refractivity contribution in [3.8, 4) is 0 Å². The molecule has 0 aliphatic heterocycles. The van der Waals surface area contributed by atoms with E-state index < -0.39 is 26.9 Å². The van der Waals surface area contributed by atoms with Crippen molar-refractivity contribution in [3.05, 3.63) is 65.2 Å². The Hall–Kier alpha value is -1.95. The maximum absolute atomic E-state index is 13.9. The van der Waals surface area contributed by atoms with Crippen LogP contribution in [0.5, 0.6) is 0 Å². The van der Waals surface area contributed by atoms with Crippen molar-refractivity contribution in [2.24, 2.45) is 0 Å². The summed E-state index contributed by atoms with van der Waals surface area (Å²) >= 11 is 0. The largest absolute Gasteiger partial charge is 0.265 e. The Balaban J connectivity index is 2.52. The van der Waals surface area contributed by atoms with Gasteiger partial charge in [0, 0.05) is 5.56 Å². The number of nitrogens with zero attached hydrogens (tertiary/aromatic N) is 1. The van der Waals surface area contributed by atoms with Gasteiger partial charge in [0.1, 0.15) is 11.6 Å². The summed E-state index contributed by atoms with van der Waals surface area (Å²) in [7, 11) is -3.74. The van der Waals surface area contributed by atoms with E-state index in [0.29, 0.717) is 5.56 Å². The summed E-state index contributed by atoms with van der Waals surface area (Å²) in [4.78, 5) is 0. The molecular formula is C17H19F2NO2S. The molecule has 6 heteroatoms. The molecule has 0 bridgehead atoms. The molecule has 0 saturated carbocycles. The fourth-order valence-corrected chi connectivity index (χ4v) is 3.34. The zero-order valence-electron chi connectivity index (χ0n) is 13.3. The second-order valence-corrected chi connectivity index (χ2v) is 8.04. The first-order chi connectivity index (χ1) is 10.7. The highest BCUT2D eigenvalue weighted by Crippen LogP contribution is 2.26. The molecule has 0 aromatic heterocycles. The molecule has 2 aromatic carbocycles. The van der Waals surface area contributed by atoms with Crippen LogP contribution < -0.4 is 4.31 Å². The molecule has 124 valence electrons. The average molecular weight is 339 g/mol. The Kier molecular flexibility index (Phi) is 5.04. The van der Waals surface area contributed by atoms with Gasteiger partial charge in [-0.3, -0.25) is 4.31 Å². The lowest BCUT2D eigenvalue weighted by atomic mass is 10.2. The van der Waals surface area contributed by atoms with E-state index in [0.717, 1.165) is 10.4 Å². The number of sulfonamides is 1. The number of aryl methyl sites for hydroxylation is 1. The standard InChI is InChI=1S/C17H19F2NO2S/c1-12(2)23(21,22)20(11-14-6-4-5-7-16(14)18)15-9-8-13(3)17(19)10-15/h4-10,12H,11H2,1-3H3. The van der Waals surface area contributed by atoms with Gasteiger partial charge in [0.15, 0.2) is 0 Å². The zero-order valence-corrected chi connectivity index (χ0v) is 14.1. The van der Waals surface area contributed by atoms with Crippen LogP contribution in [0.25, 0.3) is 0 Å². The van der Waals surface area contributed by atoms with Crippen LogP contribution in [0.15, 0.2) is 42.5 Å². The van der Waals surface area contributed by atoms with Gasteiger partial charge in [0.2, 0.25) is 10.0 Å². The van der Waals surface area contributed by atoms with E-state index in [1.54, 1.807) is 13.0 Å². The molecule has 0 radical (unpaired) electrons. The van der Waals surface area contributed by atoms with E-state index in [2.05, 4.69) is 0 Å². The monoisotopic (exact) mass is 339 g/mol. The van der Waals surface area contributed by atoms with E-state index >= 15 is 0 Å². The van der Waals surface area contributed by atoms with Crippen molar-refractivity contribution in [2.75, 3.05) is 4.31 Å². The molecule has 0 spiro atoms. The van der Waals surface area contributed by atoms with Gasteiger partial charge < -0.3 is 0 Å². The van der Waals surface area contributed by atoms with Crippen LogP contribution in [-0.2, 0) is 16.6 Å². The average Bonchev–Trinajstić information content (AvgIpc) is 2.49. The van der Waals surface area contributed by atoms with Gasteiger partial charge in [-0.25, -0.2) is 17.2 Å². The summed E-state index contributed by atoms with van der Waals surface area (Å²) in [5.41, 5.74) is 0.837. The molecule has 2 aromatic rings. The van der Waals surface area contributed by atoms with E-state index in [-0.39, 0.29) is 17.8 Å². The predicted octanol–water partition coefficient (Wildman–Crippen LogP) is 4.02. The lowest BCUT2D eigenvalue weighted by molar-refractivity contribution is 0.577. The van der Waals surface area contributed by atoms with Crippen LogP contribution in [0.4, 0.5) is 14.5 Å². The van der Waals surface area contributed by atoms with Crippen molar-refractivity contribution < 1.29 is 17.2 Å². The summed E-state index contributed by atoms with van der Waals surface area (Å²) in [5.74, 6) is -0.996. The lowest BCUT2D eigenvalue weighted by Crippen LogP contribution is -2.36. The second-order valence-electron chi connectivity index (χ2n) is 5.63. The Labute approximate surface area is 135 Å². The molecule has 0 unspecified atom stereocenters. The van der Waals surface area contributed by atoms with Gasteiger partial charge in [-0.1, -0.05) is 24.3 Å². The van der Waals surface area contributed by atoms with Gasteiger partial charge in [-0.05, 0) is 44.5 Å². The van der Waals surface area contributed by atoms with Crippen LogP contribution in [-0.4, -0.2) is 13.7 Å². The Morgan fingerprint density at radius 1 is 1.04 bits per heavy atom. The quantitative estimate of drug-likeness (QED) is 0.825. The molecule has 0 saturated heterocycles. The molecule has 0 atom stereocenters. The Morgan fingerprint density at radius 2 is 1.70 bits per heavy atom. The minimum atomic E-state index is -3.74. The summed E-state index contributed by atoms with van der Waals surface area (Å²) in [6.07, 6.45) is 0. The van der Waals surface area contributed by atoms with E-state index in [9.17, 15) is 17.2 Å². The molecular weight excluding hydrogens is 320 g/mol. The summed E-state index contributed by atoms with van der Waals surface area (Å²) in [6.45, 7) is 4.48. The predicted molar refractivity (Wildman–Crippen MR) is 87.8 cm³/mol. The topological polar surface area (TPSA) is 37.4 Å². The summed E-state index contributed by atoms with van der Waals surface area (Å²) < 4.78 is 54.1. The molecule has 0 aliphatic rings. The van der Waals surface area contributed by atoms with Gasteiger partial charge in [0.05, 0.1) is 17.5 Å². The first-order valence-corrected chi connectivity index (χ1v) is 8.75. The molecule has 2 rings (SSSR count). The van der Waals surface area contributed by atoms with Crippen molar-refractivity contribution in [3.63, 3.8) is 0 Å². The fourth-order valence-electron chi connectivity index (χ4n) is 2.10. The molecule has 0 N–H and O–H groups in total. The molecule has 0 heterocycles. The third-order valence-corrected chi connectivity index (χ3v) is 5.76. The smallest absolute Gasteiger partial charge is 0.237 e. The SMILES string of the molecule is Cc1ccc(N(Cc2ccccc2F)S(=O)(=O)C(C)C)cc1F. The molecule has 0 amide bonds. The number of hydrogen-bond donors (Lipinski definition) is 0. The minimum absolute atomic E-state index is 0.185. The first kappa shape index (κ1) is 17.4. The van der Waals surface area contributed by atoms with Crippen molar-refractivity contribution in [2.45, 2.75) is 32.6 Å². The van der Waals surface area contributed by atoms with Gasteiger partial charge in [-0.2, -0.15) is 0 Å². The number of rotatable bonds is 5. The number of anilines is 1. The van der Waals surface area contributed by atoms with E-state index in [1.165, 1.54) is 44.2 Å². The number of hydrogen-bond acceptors (Lipinski definition) is 2. The number of benzene rings is 2. The van der Waals surface area contributed by atoms with Crippen molar-refractivity contribution >= 4 is 15.7 Å². The van der Waals surface area contributed by atoms with Gasteiger partial charge in [0.25, 0.3) is 0 Å². The highest BCUT2D eigenvalue weighted by Gasteiger charge is 2.27. The first-order valence-electron chi connectivity index (χ1n) is 7.24. The van der Waals surface area contributed by atoms with Crippen molar-refractivity contribution in [1.29, 1.82) is 0 Å². The Morgan fingerprint density at radius 3 is 2.26 bits per heavy atom. The van der Waals surface area contributed by atoms with Gasteiger partial charge >= 0.3 is 0 Å². The number of halogens is 2. The van der Waals surface area contributed by atoms with Crippen LogP contribution in [0.3, 0.4) is 0 Å². The van der Waals surface area contributed by atoms with E-state index in [1.807, 2.05) is 0 Å². The normalized spacial score (nSPS) is 11.7.